The lowest BCUT2D eigenvalue weighted by molar-refractivity contribution is -0.121. The molecule has 0 spiro atoms. The van der Waals surface area contributed by atoms with Crippen LogP contribution >= 0.6 is 0 Å². The third-order valence-corrected chi connectivity index (χ3v) is 3.65. The molecule has 0 aromatic rings. The molecule has 1 aliphatic rings. The van der Waals surface area contributed by atoms with Crippen molar-refractivity contribution in [3.05, 3.63) is 0 Å². The van der Waals surface area contributed by atoms with Gasteiger partial charge >= 0.3 is 6.09 Å². The quantitative estimate of drug-likeness (QED) is 0.670. The first kappa shape index (κ1) is 19.7. The third-order valence-electron chi connectivity index (χ3n) is 3.65. The Hall–Kier alpha value is -1.30. The number of ether oxygens (including phenoxy) is 1. The van der Waals surface area contributed by atoms with Gasteiger partial charge in [0.05, 0.1) is 0 Å². The van der Waals surface area contributed by atoms with Gasteiger partial charge in [-0.2, -0.15) is 0 Å². The molecule has 1 aliphatic carbocycles. The summed E-state index contributed by atoms with van der Waals surface area (Å²) in [7, 11) is 0. The van der Waals surface area contributed by atoms with E-state index in [2.05, 4.69) is 29.8 Å². The largest absolute Gasteiger partial charge is 0.444 e. The second-order valence-corrected chi connectivity index (χ2v) is 7.76. The monoisotopic (exact) mass is 327 g/mol. The molecule has 1 saturated carbocycles. The van der Waals surface area contributed by atoms with Crippen molar-refractivity contribution in [2.75, 3.05) is 13.1 Å². The minimum absolute atomic E-state index is 0.0904. The summed E-state index contributed by atoms with van der Waals surface area (Å²) >= 11 is 0. The first-order chi connectivity index (χ1) is 10.7. The Labute approximate surface area is 140 Å². The van der Waals surface area contributed by atoms with Crippen molar-refractivity contribution < 1.29 is 14.3 Å². The highest BCUT2D eigenvalue weighted by Crippen LogP contribution is 2.19. The highest BCUT2D eigenvalue weighted by Gasteiger charge is 2.27. The summed E-state index contributed by atoms with van der Waals surface area (Å²) in [5, 5.41) is 9.23. The molecule has 1 fully saturated rings. The Morgan fingerprint density at radius 1 is 1.17 bits per heavy atom. The van der Waals surface area contributed by atoms with E-state index in [1.54, 1.807) is 0 Å². The molecule has 134 valence electrons. The Balaban J connectivity index is 2.15. The lowest BCUT2D eigenvalue weighted by atomic mass is 10.2. The van der Waals surface area contributed by atoms with Gasteiger partial charge in [-0.25, -0.2) is 4.79 Å². The van der Waals surface area contributed by atoms with Crippen molar-refractivity contribution in [3.63, 3.8) is 0 Å². The Morgan fingerprint density at radius 2 is 1.83 bits per heavy atom. The fraction of sp³-hybridized carbons (Fsp3) is 0.882. The summed E-state index contributed by atoms with van der Waals surface area (Å²) in [5.41, 5.74) is -0.469. The average molecular weight is 327 g/mol. The van der Waals surface area contributed by atoms with Crippen LogP contribution in [-0.4, -0.2) is 42.8 Å². The van der Waals surface area contributed by atoms with Gasteiger partial charge in [-0.15, -0.1) is 0 Å². The molecule has 0 radical (unpaired) electrons. The maximum atomic E-state index is 11.7. The highest BCUT2D eigenvalue weighted by molar-refractivity contribution is 5.76. The van der Waals surface area contributed by atoms with E-state index in [-0.39, 0.29) is 18.0 Å². The summed E-state index contributed by atoms with van der Waals surface area (Å²) in [5.74, 6) is 0.564. The molecule has 0 aromatic heterocycles. The zero-order chi connectivity index (χ0) is 17.5. The first-order valence-electron chi connectivity index (χ1n) is 8.65. The van der Waals surface area contributed by atoms with Crippen molar-refractivity contribution in [2.45, 2.75) is 78.0 Å². The molecule has 0 heterocycles. The van der Waals surface area contributed by atoms with Crippen LogP contribution in [0.4, 0.5) is 4.79 Å². The maximum absolute atomic E-state index is 11.7. The molecule has 3 N–H and O–H groups in total. The highest BCUT2D eigenvalue weighted by atomic mass is 16.6. The second-order valence-electron chi connectivity index (χ2n) is 7.76. The van der Waals surface area contributed by atoms with Gasteiger partial charge in [0.25, 0.3) is 0 Å². The van der Waals surface area contributed by atoms with Crippen LogP contribution < -0.4 is 16.0 Å². The van der Waals surface area contributed by atoms with E-state index >= 15 is 0 Å². The third kappa shape index (κ3) is 9.43. The lowest BCUT2D eigenvalue weighted by Gasteiger charge is -2.21. The molecule has 0 bridgehead atoms. The summed E-state index contributed by atoms with van der Waals surface area (Å²) in [6, 6.07) is 0.505. The number of alkyl carbamates (subject to hydrolysis) is 1. The predicted molar refractivity (Wildman–Crippen MR) is 91.3 cm³/mol. The van der Waals surface area contributed by atoms with Crippen LogP contribution in [0.5, 0.6) is 0 Å². The van der Waals surface area contributed by atoms with E-state index in [9.17, 15) is 9.59 Å². The van der Waals surface area contributed by atoms with Crippen LogP contribution in [0.25, 0.3) is 0 Å². The first-order valence-corrected chi connectivity index (χ1v) is 8.65. The van der Waals surface area contributed by atoms with Crippen molar-refractivity contribution in [1.82, 2.24) is 16.0 Å². The summed E-state index contributed by atoms with van der Waals surface area (Å²) in [4.78, 5) is 23.4. The summed E-state index contributed by atoms with van der Waals surface area (Å²) in [6.07, 6.45) is 2.97. The zero-order valence-corrected chi connectivity index (χ0v) is 15.2. The van der Waals surface area contributed by atoms with Gasteiger partial charge in [0, 0.05) is 31.6 Å². The standard InChI is InChI=1S/C17H33N3O3/c1-12(2)11-19-15(21)8-9-18-13-6-7-14(10-13)20-16(22)23-17(3,4)5/h12-14,18H,6-11H2,1-5H3,(H,19,21)(H,20,22). The normalized spacial score (nSPS) is 21.3. The zero-order valence-electron chi connectivity index (χ0n) is 15.2. The van der Waals surface area contributed by atoms with Crippen LogP contribution in [0.2, 0.25) is 0 Å². The molecule has 0 aromatic carbocycles. The molecule has 2 amide bonds. The van der Waals surface area contributed by atoms with Crippen LogP contribution in [0.3, 0.4) is 0 Å². The Morgan fingerprint density at radius 3 is 2.43 bits per heavy atom. The molecule has 2 unspecified atom stereocenters. The van der Waals surface area contributed by atoms with E-state index in [1.807, 2.05) is 20.8 Å². The van der Waals surface area contributed by atoms with Crippen LogP contribution in [-0.2, 0) is 9.53 Å². The minimum Gasteiger partial charge on any atom is -0.444 e. The topological polar surface area (TPSA) is 79.5 Å². The average Bonchev–Trinajstić information content (AvgIpc) is 2.81. The number of carbonyl (C=O) groups is 2. The van der Waals surface area contributed by atoms with Crippen LogP contribution in [0.1, 0.15) is 60.3 Å². The molecular formula is C17H33N3O3. The van der Waals surface area contributed by atoms with E-state index in [0.29, 0.717) is 24.9 Å². The predicted octanol–water partition coefficient (Wildman–Crippen LogP) is 2.18. The van der Waals surface area contributed by atoms with Gasteiger partial charge in [0.1, 0.15) is 5.60 Å². The Bertz CT molecular complexity index is 391. The van der Waals surface area contributed by atoms with Crippen molar-refractivity contribution in [3.8, 4) is 0 Å². The van der Waals surface area contributed by atoms with Gasteiger partial charge in [-0.1, -0.05) is 13.8 Å². The second kappa shape index (κ2) is 9.11. The number of hydrogen-bond donors (Lipinski definition) is 3. The molecular weight excluding hydrogens is 294 g/mol. The number of amides is 2. The summed E-state index contributed by atoms with van der Waals surface area (Å²) < 4.78 is 5.27. The molecule has 6 nitrogen and oxygen atoms in total. The fourth-order valence-electron chi connectivity index (χ4n) is 2.57. The molecule has 0 saturated heterocycles. The van der Waals surface area contributed by atoms with Gasteiger partial charge in [-0.3, -0.25) is 4.79 Å². The smallest absolute Gasteiger partial charge is 0.407 e. The SMILES string of the molecule is CC(C)CNC(=O)CCNC1CCC(NC(=O)OC(C)(C)C)C1. The van der Waals surface area contributed by atoms with Crippen molar-refractivity contribution in [1.29, 1.82) is 0 Å². The van der Waals surface area contributed by atoms with Crippen molar-refractivity contribution >= 4 is 12.0 Å². The molecule has 1 rings (SSSR count). The fourth-order valence-corrected chi connectivity index (χ4v) is 2.57. The molecule has 23 heavy (non-hydrogen) atoms. The summed E-state index contributed by atoms with van der Waals surface area (Å²) in [6.45, 7) is 11.1. The lowest BCUT2D eigenvalue weighted by Crippen LogP contribution is -2.39. The molecule has 2 atom stereocenters. The maximum Gasteiger partial charge on any atom is 0.407 e. The van der Waals surface area contributed by atoms with Gasteiger partial charge in [0.15, 0.2) is 0 Å². The number of hydrogen-bond acceptors (Lipinski definition) is 4. The number of rotatable bonds is 7. The van der Waals surface area contributed by atoms with Crippen molar-refractivity contribution in [2.24, 2.45) is 5.92 Å². The number of nitrogens with one attached hydrogen (secondary N) is 3. The molecule has 6 heteroatoms. The van der Waals surface area contributed by atoms with Crippen LogP contribution in [0.15, 0.2) is 0 Å². The minimum atomic E-state index is -0.469. The number of carbonyl (C=O) groups excluding carboxylic acids is 2. The van der Waals surface area contributed by atoms with Gasteiger partial charge in [-0.05, 0) is 46.0 Å². The van der Waals surface area contributed by atoms with E-state index in [4.69, 9.17) is 4.74 Å². The molecule has 0 aliphatic heterocycles. The van der Waals surface area contributed by atoms with E-state index < -0.39 is 5.60 Å². The Kier molecular flexibility index (Phi) is 7.82. The van der Waals surface area contributed by atoms with Gasteiger partial charge in [0.2, 0.25) is 5.91 Å². The van der Waals surface area contributed by atoms with Gasteiger partial charge < -0.3 is 20.7 Å². The van der Waals surface area contributed by atoms with Crippen LogP contribution in [0, 0.1) is 5.92 Å². The van der Waals surface area contributed by atoms with E-state index in [0.717, 1.165) is 25.8 Å². The van der Waals surface area contributed by atoms with E-state index in [1.165, 1.54) is 0 Å².